The van der Waals surface area contributed by atoms with Gasteiger partial charge in [0.05, 0.1) is 0 Å². The molecule has 0 saturated heterocycles. The Balaban J connectivity index is 1.98. The van der Waals surface area contributed by atoms with Crippen molar-refractivity contribution in [2.45, 2.75) is 33.1 Å². The van der Waals surface area contributed by atoms with Gasteiger partial charge in [-0.15, -0.1) is 0 Å². The molecule has 2 heterocycles. The van der Waals surface area contributed by atoms with Gasteiger partial charge in [-0.3, -0.25) is 4.98 Å². The Bertz CT molecular complexity index is 542. The van der Waals surface area contributed by atoms with Crippen molar-refractivity contribution in [3.63, 3.8) is 0 Å². The third-order valence-electron chi connectivity index (χ3n) is 3.27. The van der Waals surface area contributed by atoms with Gasteiger partial charge in [-0.05, 0) is 30.9 Å². The molecular weight excluding hydrogens is 262 g/mol. The summed E-state index contributed by atoms with van der Waals surface area (Å²) in [5, 5.41) is 6.77. The lowest BCUT2D eigenvalue weighted by Gasteiger charge is -2.14. The lowest BCUT2D eigenvalue weighted by atomic mass is 10.2. The smallest absolute Gasteiger partial charge is 0.134 e. The van der Waals surface area contributed by atoms with Gasteiger partial charge < -0.3 is 10.6 Å². The maximum atomic E-state index is 4.37. The van der Waals surface area contributed by atoms with Crippen molar-refractivity contribution in [3.8, 4) is 0 Å². The van der Waals surface area contributed by atoms with Crippen LogP contribution in [-0.2, 0) is 12.8 Å². The number of anilines is 2. The van der Waals surface area contributed by atoms with Crippen molar-refractivity contribution in [2.24, 2.45) is 0 Å². The molecule has 0 fully saturated rings. The molecule has 2 rings (SSSR count). The first-order valence-corrected chi connectivity index (χ1v) is 7.55. The van der Waals surface area contributed by atoms with E-state index in [1.54, 1.807) is 12.5 Å². The molecule has 5 nitrogen and oxygen atoms in total. The standard InChI is InChI=1S/C16H23N5/c1-3-8-18-15-14(4-2)16(21-12-20-15)19-10-7-13-6-5-9-17-11-13/h5-6,9,11-12H,3-4,7-8,10H2,1-2H3,(H2,18,19,20,21). The van der Waals surface area contributed by atoms with Crippen molar-refractivity contribution in [2.75, 3.05) is 23.7 Å². The van der Waals surface area contributed by atoms with Gasteiger partial charge in [0, 0.05) is 31.0 Å². The summed E-state index contributed by atoms with van der Waals surface area (Å²) in [7, 11) is 0. The van der Waals surface area contributed by atoms with Gasteiger partial charge in [-0.1, -0.05) is 19.9 Å². The van der Waals surface area contributed by atoms with Gasteiger partial charge in [0.2, 0.25) is 0 Å². The molecule has 2 N–H and O–H groups in total. The minimum atomic E-state index is 0.836. The molecule has 0 amide bonds. The van der Waals surface area contributed by atoms with Crippen LogP contribution in [-0.4, -0.2) is 28.0 Å². The molecule has 0 unspecified atom stereocenters. The molecule has 112 valence electrons. The number of nitrogens with one attached hydrogen (secondary N) is 2. The zero-order chi connectivity index (χ0) is 14.9. The van der Waals surface area contributed by atoms with Crippen LogP contribution in [0, 0.1) is 0 Å². The second-order valence-electron chi connectivity index (χ2n) is 4.87. The fraction of sp³-hybridized carbons (Fsp3) is 0.438. The van der Waals surface area contributed by atoms with Crippen LogP contribution in [0.1, 0.15) is 31.4 Å². The Morgan fingerprint density at radius 3 is 2.43 bits per heavy atom. The highest BCUT2D eigenvalue weighted by Gasteiger charge is 2.08. The molecule has 0 bridgehead atoms. The monoisotopic (exact) mass is 285 g/mol. The fourth-order valence-corrected chi connectivity index (χ4v) is 2.17. The molecule has 0 aliphatic carbocycles. The van der Waals surface area contributed by atoms with Gasteiger partial charge in [0.1, 0.15) is 18.0 Å². The van der Waals surface area contributed by atoms with E-state index in [1.165, 1.54) is 5.56 Å². The summed E-state index contributed by atoms with van der Waals surface area (Å²) in [6.45, 7) is 6.04. The second-order valence-corrected chi connectivity index (χ2v) is 4.87. The topological polar surface area (TPSA) is 62.7 Å². The van der Waals surface area contributed by atoms with Crippen molar-refractivity contribution >= 4 is 11.6 Å². The number of nitrogens with zero attached hydrogens (tertiary/aromatic N) is 3. The van der Waals surface area contributed by atoms with E-state index in [9.17, 15) is 0 Å². The first-order chi connectivity index (χ1) is 10.3. The molecule has 0 aromatic carbocycles. The van der Waals surface area contributed by atoms with Gasteiger partial charge >= 0.3 is 0 Å². The van der Waals surface area contributed by atoms with Crippen LogP contribution < -0.4 is 10.6 Å². The third-order valence-corrected chi connectivity index (χ3v) is 3.27. The van der Waals surface area contributed by atoms with E-state index in [4.69, 9.17) is 0 Å². The summed E-state index contributed by atoms with van der Waals surface area (Å²) in [5.74, 6) is 1.87. The number of pyridine rings is 1. The zero-order valence-corrected chi connectivity index (χ0v) is 12.8. The lowest BCUT2D eigenvalue weighted by molar-refractivity contribution is 0.937. The molecular formula is C16H23N5. The van der Waals surface area contributed by atoms with Crippen LogP contribution in [0.15, 0.2) is 30.9 Å². The minimum absolute atomic E-state index is 0.836. The molecule has 2 aromatic rings. The summed E-state index contributed by atoms with van der Waals surface area (Å²) < 4.78 is 0. The van der Waals surface area contributed by atoms with Crippen LogP contribution in [0.25, 0.3) is 0 Å². The average Bonchev–Trinajstić information content (AvgIpc) is 2.54. The van der Waals surface area contributed by atoms with Crippen LogP contribution in [0.4, 0.5) is 11.6 Å². The largest absolute Gasteiger partial charge is 0.370 e. The van der Waals surface area contributed by atoms with Crippen molar-refractivity contribution < 1.29 is 0 Å². The van der Waals surface area contributed by atoms with Crippen LogP contribution in [0.3, 0.4) is 0 Å². The molecule has 0 aliphatic heterocycles. The molecule has 21 heavy (non-hydrogen) atoms. The SMILES string of the molecule is CCCNc1ncnc(NCCc2cccnc2)c1CC. The Hall–Kier alpha value is -2.17. The van der Waals surface area contributed by atoms with Crippen LogP contribution in [0.2, 0.25) is 0 Å². The van der Waals surface area contributed by atoms with Gasteiger partial charge in [0.15, 0.2) is 0 Å². The van der Waals surface area contributed by atoms with E-state index in [2.05, 4.69) is 45.5 Å². The number of hydrogen-bond donors (Lipinski definition) is 2. The Kier molecular flexibility index (Phi) is 5.94. The number of aromatic nitrogens is 3. The van der Waals surface area contributed by atoms with Gasteiger partial charge in [-0.25, -0.2) is 9.97 Å². The lowest BCUT2D eigenvalue weighted by Crippen LogP contribution is -2.12. The highest BCUT2D eigenvalue weighted by Crippen LogP contribution is 2.20. The fourth-order valence-electron chi connectivity index (χ4n) is 2.17. The van der Waals surface area contributed by atoms with Gasteiger partial charge in [0.25, 0.3) is 0 Å². The predicted octanol–water partition coefficient (Wildman–Crippen LogP) is 2.91. The highest BCUT2D eigenvalue weighted by atomic mass is 15.1. The average molecular weight is 285 g/mol. The second kappa shape index (κ2) is 8.19. The summed E-state index contributed by atoms with van der Waals surface area (Å²) in [5.41, 5.74) is 2.37. The molecule has 5 heteroatoms. The molecule has 0 spiro atoms. The molecule has 0 radical (unpaired) electrons. The van der Waals surface area contributed by atoms with Gasteiger partial charge in [-0.2, -0.15) is 0 Å². The predicted molar refractivity (Wildman–Crippen MR) is 86.6 cm³/mol. The van der Waals surface area contributed by atoms with Crippen LogP contribution in [0.5, 0.6) is 0 Å². The highest BCUT2D eigenvalue weighted by molar-refractivity contribution is 5.57. The maximum absolute atomic E-state index is 4.37. The Morgan fingerprint density at radius 1 is 1.05 bits per heavy atom. The van der Waals surface area contributed by atoms with E-state index >= 15 is 0 Å². The normalized spacial score (nSPS) is 10.4. The van der Waals surface area contributed by atoms with E-state index < -0.39 is 0 Å². The quantitative estimate of drug-likeness (QED) is 0.781. The molecule has 0 atom stereocenters. The van der Waals surface area contributed by atoms with E-state index in [-0.39, 0.29) is 0 Å². The molecule has 0 aliphatic rings. The number of rotatable bonds is 8. The molecule has 2 aromatic heterocycles. The maximum Gasteiger partial charge on any atom is 0.134 e. The Morgan fingerprint density at radius 2 is 1.81 bits per heavy atom. The minimum Gasteiger partial charge on any atom is -0.370 e. The van der Waals surface area contributed by atoms with E-state index in [0.717, 1.165) is 49.6 Å². The first kappa shape index (κ1) is 15.2. The number of hydrogen-bond acceptors (Lipinski definition) is 5. The van der Waals surface area contributed by atoms with E-state index in [0.29, 0.717) is 0 Å². The van der Waals surface area contributed by atoms with Crippen LogP contribution >= 0.6 is 0 Å². The zero-order valence-electron chi connectivity index (χ0n) is 12.8. The van der Waals surface area contributed by atoms with Crippen molar-refractivity contribution in [3.05, 3.63) is 42.0 Å². The first-order valence-electron chi connectivity index (χ1n) is 7.55. The van der Waals surface area contributed by atoms with Crippen molar-refractivity contribution in [1.82, 2.24) is 15.0 Å². The summed E-state index contributed by atoms with van der Waals surface area (Å²) >= 11 is 0. The van der Waals surface area contributed by atoms with E-state index in [1.807, 2.05) is 12.3 Å². The summed E-state index contributed by atoms with van der Waals surface area (Å²) in [6.07, 6.45) is 8.22. The summed E-state index contributed by atoms with van der Waals surface area (Å²) in [4.78, 5) is 12.8. The Labute approximate surface area is 126 Å². The molecule has 0 saturated carbocycles. The third kappa shape index (κ3) is 4.41. The van der Waals surface area contributed by atoms with Crippen molar-refractivity contribution in [1.29, 1.82) is 0 Å². The summed E-state index contributed by atoms with van der Waals surface area (Å²) in [6, 6.07) is 4.05.